The minimum absolute atomic E-state index is 0.296. The predicted octanol–water partition coefficient (Wildman–Crippen LogP) is 1.67. The van der Waals surface area contributed by atoms with Crippen LogP contribution in [0.1, 0.15) is 12.2 Å². The first-order chi connectivity index (χ1) is 18.5. The third-order valence-electron chi connectivity index (χ3n) is 7.31. The van der Waals surface area contributed by atoms with Crippen LogP contribution in [0.3, 0.4) is 0 Å². The number of rotatable bonds is 7. The number of para-hydroxylation sites is 2. The van der Waals surface area contributed by atoms with Crippen LogP contribution < -0.4 is 4.90 Å². The van der Waals surface area contributed by atoms with Gasteiger partial charge in [-0.1, -0.05) is 12.1 Å². The number of ether oxygens (including phenoxy) is 1. The van der Waals surface area contributed by atoms with E-state index >= 15 is 0 Å². The van der Waals surface area contributed by atoms with Gasteiger partial charge in [0.05, 0.1) is 30.6 Å². The molecule has 2 fully saturated rings. The van der Waals surface area contributed by atoms with Crippen molar-refractivity contribution in [1.29, 1.82) is 0 Å². The third-order valence-corrected chi connectivity index (χ3v) is 7.31. The van der Waals surface area contributed by atoms with E-state index in [2.05, 4.69) is 14.9 Å². The number of anilines is 1. The van der Waals surface area contributed by atoms with E-state index < -0.39 is 13.5 Å². The Kier molecular flexibility index (Phi) is 6.95. The number of benzene rings is 1. The molecule has 2 saturated heterocycles. The smallest absolute Gasteiger partial charge is 0.376 e. The van der Waals surface area contributed by atoms with E-state index in [0.717, 1.165) is 32.7 Å². The first-order valence-electron chi connectivity index (χ1n) is 13.0. The van der Waals surface area contributed by atoms with Gasteiger partial charge in [-0.05, 0) is 19.0 Å². The first-order valence-corrected chi connectivity index (χ1v) is 13.0. The van der Waals surface area contributed by atoms with Crippen molar-refractivity contribution in [2.45, 2.75) is 19.8 Å². The number of hydrogen-bond donors (Lipinski definition) is 1. The van der Waals surface area contributed by atoms with Crippen LogP contribution in [0.15, 0.2) is 30.6 Å². The number of halogens is 2. The molecule has 200 valence electrons. The maximum atomic E-state index is 14.2. The fourth-order valence-corrected chi connectivity index (χ4v) is 5.17. The van der Waals surface area contributed by atoms with Gasteiger partial charge in [0, 0.05) is 52.4 Å². The Bertz CT molecular complexity index is 1410. The molecule has 0 aliphatic carbocycles. The largest absolute Gasteiger partial charge is 0.437 e. The lowest BCUT2D eigenvalue weighted by Crippen LogP contribution is -2.51. The highest BCUT2D eigenvalue weighted by molar-refractivity contribution is 6.45. The number of piperazine rings is 1. The van der Waals surface area contributed by atoms with Gasteiger partial charge in [0.25, 0.3) is 6.43 Å². The lowest BCUT2D eigenvalue weighted by atomic mass is 9.84. The fourth-order valence-electron chi connectivity index (χ4n) is 5.17. The fraction of sp³-hybridized carbons (Fsp3) is 0.500. The van der Waals surface area contributed by atoms with Crippen molar-refractivity contribution < 1.29 is 18.5 Å². The summed E-state index contributed by atoms with van der Waals surface area (Å²) >= 11 is 0. The van der Waals surface area contributed by atoms with Crippen molar-refractivity contribution >= 4 is 35.2 Å². The van der Waals surface area contributed by atoms with Gasteiger partial charge in [-0.3, -0.25) is 9.47 Å². The molecule has 0 atom stereocenters. The third kappa shape index (κ3) is 4.72. The van der Waals surface area contributed by atoms with E-state index in [1.807, 2.05) is 14.3 Å². The number of morpholine rings is 1. The molecule has 2 aliphatic rings. The number of aromatic nitrogens is 6. The van der Waals surface area contributed by atoms with Gasteiger partial charge in [-0.25, -0.2) is 18.7 Å². The normalized spacial score (nSPS) is 17.8. The molecular weight excluding hydrogens is 495 g/mol. The molecule has 0 unspecified atom stereocenters. The highest BCUT2D eigenvalue weighted by atomic mass is 19.3. The molecular formula is C24H30BF2N9O2. The van der Waals surface area contributed by atoms with Crippen LogP contribution in [-0.2, 0) is 11.3 Å². The molecule has 38 heavy (non-hydrogen) atoms. The zero-order chi connectivity index (χ0) is 26.2. The SMILES string of the molecule is CB(O)N1CCN(CCn2cnc3c(-n4c(C(F)F)nc5ccccc54)nc(N4CCOCC4)nc32)CC1. The number of nitrogens with zero attached hydrogens (tertiary/aromatic N) is 9. The first kappa shape index (κ1) is 25.1. The highest BCUT2D eigenvalue weighted by Crippen LogP contribution is 2.31. The summed E-state index contributed by atoms with van der Waals surface area (Å²) in [6.07, 6.45) is -1.08. The van der Waals surface area contributed by atoms with E-state index in [9.17, 15) is 13.8 Å². The minimum Gasteiger partial charge on any atom is -0.437 e. The van der Waals surface area contributed by atoms with E-state index in [0.29, 0.717) is 66.8 Å². The topological polar surface area (TPSA) is 101 Å². The zero-order valence-electron chi connectivity index (χ0n) is 21.2. The van der Waals surface area contributed by atoms with Crippen molar-refractivity contribution in [3.05, 3.63) is 36.4 Å². The van der Waals surface area contributed by atoms with E-state index in [1.165, 1.54) is 4.57 Å². The Morgan fingerprint density at radius 3 is 2.50 bits per heavy atom. The molecule has 0 amide bonds. The maximum Gasteiger partial charge on any atom is 0.376 e. The second-order valence-electron chi connectivity index (χ2n) is 9.66. The monoisotopic (exact) mass is 525 g/mol. The second kappa shape index (κ2) is 10.5. The Labute approximate surface area is 218 Å². The van der Waals surface area contributed by atoms with Crippen LogP contribution in [0.4, 0.5) is 14.7 Å². The molecule has 1 aromatic carbocycles. The number of fused-ring (bicyclic) bond motifs is 2. The molecule has 6 rings (SSSR count). The summed E-state index contributed by atoms with van der Waals surface area (Å²) in [4.78, 5) is 24.9. The Morgan fingerprint density at radius 1 is 1.00 bits per heavy atom. The Hall–Kier alpha value is -3.20. The Morgan fingerprint density at radius 2 is 1.76 bits per heavy atom. The van der Waals surface area contributed by atoms with Crippen molar-refractivity contribution in [2.75, 3.05) is 63.9 Å². The molecule has 2 aliphatic heterocycles. The molecule has 5 heterocycles. The summed E-state index contributed by atoms with van der Waals surface area (Å²) in [6, 6.07) is 7.06. The molecule has 4 aromatic rings. The minimum atomic E-state index is -2.79. The highest BCUT2D eigenvalue weighted by Gasteiger charge is 2.27. The number of imidazole rings is 2. The molecule has 0 spiro atoms. The lowest BCUT2D eigenvalue weighted by molar-refractivity contribution is 0.122. The molecule has 14 heteroatoms. The summed E-state index contributed by atoms with van der Waals surface area (Å²) in [5.41, 5.74) is 2.06. The van der Waals surface area contributed by atoms with Gasteiger partial charge >= 0.3 is 7.05 Å². The van der Waals surface area contributed by atoms with Crippen molar-refractivity contribution in [3.8, 4) is 5.82 Å². The standard InChI is InChI=1S/C24H30BF2N9O2/c1-25(37)35-10-7-32(8-11-35)6-9-34-16-28-19-21(34)30-24(33-12-14-38-15-13-33)31-22(19)36-18-5-3-2-4-17(18)29-23(36)20(26)27/h2-5,16,20,37H,6-15H2,1H3. The average Bonchev–Trinajstić information content (AvgIpc) is 3.54. The van der Waals surface area contributed by atoms with Crippen LogP contribution in [-0.4, -0.2) is 110 Å². The van der Waals surface area contributed by atoms with Gasteiger partial charge < -0.3 is 24.0 Å². The summed E-state index contributed by atoms with van der Waals surface area (Å²) in [5, 5.41) is 9.84. The van der Waals surface area contributed by atoms with E-state index in [-0.39, 0.29) is 5.82 Å². The second-order valence-corrected chi connectivity index (χ2v) is 9.66. The average molecular weight is 525 g/mol. The summed E-state index contributed by atoms with van der Waals surface area (Å²) in [5.74, 6) is 0.385. The van der Waals surface area contributed by atoms with Gasteiger partial charge in [0.2, 0.25) is 5.95 Å². The van der Waals surface area contributed by atoms with E-state index in [4.69, 9.17) is 14.7 Å². The summed E-state index contributed by atoms with van der Waals surface area (Å²) < 4.78 is 37.3. The number of alkyl halides is 2. The van der Waals surface area contributed by atoms with Crippen LogP contribution >= 0.6 is 0 Å². The molecule has 3 aromatic heterocycles. The van der Waals surface area contributed by atoms with Crippen LogP contribution in [0.2, 0.25) is 6.82 Å². The summed E-state index contributed by atoms with van der Waals surface area (Å²) in [7, 11) is -0.444. The maximum absolute atomic E-state index is 14.2. The van der Waals surface area contributed by atoms with Crippen LogP contribution in [0, 0.1) is 0 Å². The number of hydrogen-bond acceptors (Lipinski definition) is 9. The predicted molar refractivity (Wildman–Crippen MR) is 140 cm³/mol. The zero-order valence-corrected chi connectivity index (χ0v) is 21.2. The molecule has 1 N–H and O–H groups in total. The van der Waals surface area contributed by atoms with Crippen LogP contribution in [0.5, 0.6) is 0 Å². The van der Waals surface area contributed by atoms with Gasteiger partial charge in [-0.15, -0.1) is 0 Å². The Balaban J connectivity index is 1.40. The molecule has 0 bridgehead atoms. The van der Waals surface area contributed by atoms with Gasteiger partial charge in [0.15, 0.2) is 22.8 Å². The van der Waals surface area contributed by atoms with Crippen molar-refractivity contribution in [3.63, 3.8) is 0 Å². The van der Waals surface area contributed by atoms with Crippen molar-refractivity contribution in [2.24, 2.45) is 0 Å². The lowest BCUT2D eigenvalue weighted by Gasteiger charge is -2.35. The van der Waals surface area contributed by atoms with Crippen LogP contribution in [0.25, 0.3) is 28.0 Å². The van der Waals surface area contributed by atoms with Gasteiger partial charge in [-0.2, -0.15) is 9.97 Å². The van der Waals surface area contributed by atoms with Crippen molar-refractivity contribution in [1.82, 2.24) is 38.8 Å². The summed E-state index contributed by atoms with van der Waals surface area (Å²) in [6.45, 7) is 8.84. The van der Waals surface area contributed by atoms with E-state index in [1.54, 1.807) is 37.4 Å². The molecule has 0 saturated carbocycles. The quantitative estimate of drug-likeness (QED) is 0.361. The molecule has 0 radical (unpaired) electrons. The molecule has 11 nitrogen and oxygen atoms in total. The van der Waals surface area contributed by atoms with Gasteiger partial charge in [0.1, 0.15) is 0 Å².